The summed E-state index contributed by atoms with van der Waals surface area (Å²) in [5, 5.41) is 14.9. The third kappa shape index (κ3) is 3.51. The standard InChI is InChI=1S/C23H19N3O/c1-17-9-5-6-10-18(17)15-16-22-24-23(20-13-7-8-14-21(20)27)26(25-22)19-11-3-2-4-12-19/h2-16,27H,1H3/b16-15+. The van der Waals surface area contributed by atoms with Crippen LogP contribution in [0.1, 0.15) is 17.0 Å². The molecule has 0 aliphatic rings. The van der Waals surface area contributed by atoms with Crippen LogP contribution in [0.2, 0.25) is 0 Å². The summed E-state index contributed by atoms with van der Waals surface area (Å²) in [6.07, 6.45) is 3.90. The summed E-state index contributed by atoms with van der Waals surface area (Å²) in [7, 11) is 0. The maximum atomic E-state index is 10.3. The van der Waals surface area contributed by atoms with E-state index in [1.807, 2.05) is 66.7 Å². The molecule has 27 heavy (non-hydrogen) atoms. The highest BCUT2D eigenvalue weighted by Crippen LogP contribution is 2.29. The summed E-state index contributed by atoms with van der Waals surface area (Å²) in [5.74, 6) is 1.36. The summed E-state index contributed by atoms with van der Waals surface area (Å²) in [6, 6.07) is 25.1. The van der Waals surface area contributed by atoms with E-state index in [0.717, 1.165) is 11.3 Å². The fourth-order valence-electron chi connectivity index (χ4n) is 2.92. The molecular formula is C23H19N3O. The highest BCUT2D eigenvalue weighted by molar-refractivity contribution is 5.71. The normalized spacial score (nSPS) is 11.1. The van der Waals surface area contributed by atoms with E-state index >= 15 is 0 Å². The van der Waals surface area contributed by atoms with E-state index in [2.05, 4.69) is 29.1 Å². The summed E-state index contributed by atoms with van der Waals surface area (Å²) < 4.78 is 1.76. The van der Waals surface area contributed by atoms with Crippen LogP contribution in [0.5, 0.6) is 5.75 Å². The average molecular weight is 353 g/mol. The minimum atomic E-state index is 0.177. The number of benzene rings is 3. The van der Waals surface area contributed by atoms with Gasteiger partial charge < -0.3 is 5.11 Å². The number of aromatic hydroxyl groups is 1. The molecule has 0 saturated carbocycles. The molecular weight excluding hydrogens is 334 g/mol. The second kappa shape index (κ2) is 7.30. The predicted molar refractivity (Wildman–Crippen MR) is 109 cm³/mol. The van der Waals surface area contributed by atoms with Crippen LogP contribution < -0.4 is 0 Å². The number of nitrogens with zero attached hydrogens (tertiary/aromatic N) is 3. The van der Waals surface area contributed by atoms with Crippen molar-refractivity contribution in [1.29, 1.82) is 0 Å². The van der Waals surface area contributed by atoms with Crippen LogP contribution in [-0.2, 0) is 0 Å². The molecule has 4 heteroatoms. The number of rotatable bonds is 4. The topological polar surface area (TPSA) is 50.9 Å². The van der Waals surface area contributed by atoms with Crippen LogP contribution >= 0.6 is 0 Å². The Morgan fingerprint density at radius 2 is 1.52 bits per heavy atom. The van der Waals surface area contributed by atoms with Crippen molar-refractivity contribution in [3.8, 4) is 22.8 Å². The van der Waals surface area contributed by atoms with Gasteiger partial charge in [0, 0.05) is 0 Å². The molecule has 1 N–H and O–H groups in total. The highest BCUT2D eigenvalue weighted by atomic mass is 16.3. The van der Waals surface area contributed by atoms with Crippen molar-refractivity contribution in [2.24, 2.45) is 0 Å². The fraction of sp³-hybridized carbons (Fsp3) is 0.0435. The average Bonchev–Trinajstić information content (AvgIpc) is 3.12. The first-order chi connectivity index (χ1) is 13.2. The second-order valence-electron chi connectivity index (χ2n) is 6.25. The van der Waals surface area contributed by atoms with Gasteiger partial charge >= 0.3 is 0 Å². The molecule has 4 rings (SSSR count). The molecule has 4 aromatic rings. The lowest BCUT2D eigenvalue weighted by atomic mass is 10.1. The Kier molecular flexibility index (Phi) is 4.54. The predicted octanol–water partition coefficient (Wildman–Crippen LogP) is 5.12. The van der Waals surface area contributed by atoms with E-state index in [9.17, 15) is 5.11 Å². The minimum absolute atomic E-state index is 0.177. The second-order valence-corrected chi connectivity index (χ2v) is 6.25. The number of phenolic OH excluding ortho intramolecular Hbond substituents is 1. The Bertz CT molecular complexity index is 1100. The summed E-state index contributed by atoms with van der Waals surface area (Å²) in [4.78, 5) is 4.67. The molecule has 0 spiro atoms. The Morgan fingerprint density at radius 3 is 2.30 bits per heavy atom. The van der Waals surface area contributed by atoms with Gasteiger partial charge in [0.15, 0.2) is 11.6 Å². The first-order valence-electron chi connectivity index (χ1n) is 8.77. The molecule has 0 amide bonds. The number of hydrogen-bond donors (Lipinski definition) is 1. The molecule has 0 saturated heterocycles. The van der Waals surface area contributed by atoms with Crippen molar-refractivity contribution in [2.75, 3.05) is 0 Å². The van der Waals surface area contributed by atoms with Crippen molar-refractivity contribution in [1.82, 2.24) is 14.8 Å². The summed E-state index contributed by atoms with van der Waals surface area (Å²) in [5.41, 5.74) is 3.85. The third-order valence-corrected chi connectivity index (χ3v) is 4.37. The van der Waals surface area contributed by atoms with Gasteiger partial charge in [-0.15, -0.1) is 5.10 Å². The van der Waals surface area contributed by atoms with Crippen molar-refractivity contribution in [3.63, 3.8) is 0 Å². The van der Waals surface area contributed by atoms with Crippen molar-refractivity contribution < 1.29 is 5.11 Å². The minimum Gasteiger partial charge on any atom is -0.507 e. The molecule has 0 atom stereocenters. The first-order valence-corrected chi connectivity index (χ1v) is 8.77. The fourth-order valence-corrected chi connectivity index (χ4v) is 2.92. The van der Waals surface area contributed by atoms with E-state index in [1.165, 1.54) is 5.56 Å². The Labute approximate surface area is 158 Å². The number of hydrogen-bond acceptors (Lipinski definition) is 3. The van der Waals surface area contributed by atoms with E-state index in [4.69, 9.17) is 0 Å². The van der Waals surface area contributed by atoms with E-state index < -0.39 is 0 Å². The van der Waals surface area contributed by atoms with Gasteiger partial charge in [0.2, 0.25) is 0 Å². The molecule has 0 fully saturated rings. The van der Waals surface area contributed by atoms with Crippen molar-refractivity contribution >= 4 is 12.2 Å². The van der Waals surface area contributed by atoms with Gasteiger partial charge in [0.25, 0.3) is 0 Å². The quantitative estimate of drug-likeness (QED) is 0.554. The van der Waals surface area contributed by atoms with E-state index in [-0.39, 0.29) is 5.75 Å². The van der Waals surface area contributed by atoms with Crippen LogP contribution in [0.15, 0.2) is 78.9 Å². The molecule has 3 aromatic carbocycles. The third-order valence-electron chi connectivity index (χ3n) is 4.37. The zero-order valence-electron chi connectivity index (χ0n) is 14.9. The van der Waals surface area contributed by atoms with E-state index in [1.54, 1.807) is 16.8 Å². The molecule has 0 bridgehead atoms. The zero-order valence-corrected chi connectivity index (χ0v) is 14.9. The number of aryl methyl sites for hydroxylation is 1. The smallest absolute Gasteiger partial charge is 0.175 e. The molecule has 0 unspecified atom stereocenters. The molecule has 1 heterocycles. The summed E-state index contributed by atoms with van der Waals surface area (Å²) >= 11 is 0. The van der Waals surface area contributed by atoms with Crippen LogP contribution in [0.4, 0.5) is 0 Å². The lowest BCUT2D eigenvalue weighted by Gasteiger charge is -2.06. The van der Waals surface area contributed by atoms with Gasteiger partial charge in [-0.05, 0) is 48.4 Å². The lowest BCUT2D eigenvalue weighted by molar-refractivity contribution is 0.476. The van der Waals surface area contributed by atoms with Crippen molar-refractivity contribution in [2.45, 2.75) is 6.92 Å². The van der Waals surface area contributed by atoms with Crippen LogP contribution in [0.25, 0.3) is 29.2 Å². The molecule has 0 aliphatic heterocycles. The Hall–Kier alpha value is -3.66. The van der Waals surface area contributed by atoms with Crippen LogP contribution in [0.3, 0.4) is 0 Å². The first kappa shape index (κ1) is 16.8. The SMILES string of the molecule is Cc1ccccc1/C=C/c1nc(-c2ccccc2O)n(-c2ccccc2)n1. The monoisotopic (exact) mass is 353 g/mol. The lowest BCUT2D eigenvalue weighted by Crippen LogP contribution is -1.99. The Morgan fingerprint density at radius 1 is 0.815 bits per heavy atom. The Balaban J connectivity index is 1.81. The molecule has 1 aromatic heterocycles. The summed E-state index contributed by atoms with van der Waals surface area (Å²) in [6.45, 7) is 2.07. The van der Waals surface area contributed by atoms with Gasteiger partial charge in [0.1, 0.15) is 5.75 Å². The number of phenols is 1. The molecule has 0 aliphatic carbocycles. The van der Waals surface area contributed by atoms with Gasteiger partial charge in [-0.25, -0.2) is 9.67 Å². The van der Waals surface area contributed by atoms with Crippen molar-refractivity contribution in [3.05, 3.63) is 95.8 Å². The molecule has 4 nitrogen and oxygen atoms in total. The number of aromatic nitrogens is 3. The van der Waals surface area contributed by atoms with Gasteiger partial charge in [-0.1, -0.05) is 60.7 Å². The number of para-hydroxylation sites is 2. The maximum Gasteiger partial charge on any atom is 0.175 e. The molecule has 132 valence electrons. The zero-order chi connectivity index (χ0) is 18.6. The van der Waals surface area contributed by atoms with Gasteiger partial charge in [-0.2, -0.15) is 0 Å². The molecule has 0 radical (unpaired) electrons. The highest BCUT2D eigenvalue weighted by Gasteiger charge is 2.15. The maximum absolute atomic E-state index is 10.3. The van der Waals surface area contributed by atoms with Gasteiger partial charge in [0.05, 0.1) is 11.3 Å². The van der Waals surface area contributed by atoms with E-state index in [0.29, 0.717) is 17.2 Å². The van der Waals surface area contributed by atoms with Crippen LogP contribution in [-0.4, -0.2) is 19.9 Å². The van der Waals surface area contributed by atoms with Crippen LogP contribution in [0, 0.1) is 6.92 Å². The largest absolute Gasteiger partial charge is 0.507 e. The van der Waals surface area contributed by atoms with Gasteiger partial charge in [-0.3, -0.25) is 0 Å².